The van der Waals surface area contributed by atoms with Crippen LogP contribution in [0.25, 0.3) is 0 Å². The molecule has 2 aromatic carbocycles. The summed E-state index contributed by atoms with van der Waals surface area (Å²) in [7, 11) is 0. The Morgan fingerprint density at radius 1 is 1.03 bits per heavy atom. The summed E-state index contributed by atoms with van der Waals surface area (Å²) in [6.45, 7) is 4.39. The average Bonchev–Trinajstić information content (AvgIpc) is 2.84. The SMILES string of the molecule is O=C(O)c1cnc(N2CCN(CCOc3cccc(Cl)c3)CC2)nc1COc1ccccc1Cl. The Hall–Kier alpha value is -3.07. The molecule has 1 aliphatic rings. The van der Waals surface area contributed by atoms with Crippen molar-refractivity contribution < 1.29 is 19.4 Å². The van der Waals surface area contributed by atoms with E-state index in [4.69, 9.17) is 32.7 Å². The van der Waals surface area contributed by atoms with Gasteiger partial charge in [-0.1, -0.05) is 41.4 Å². The van der Waals surface area contributed by atoms with Gasteiger partial charge < -0.3 is 19.5 Å². The number of hydrogen-bond acceptors (Lipinski definition) is 7. The second kappa shape index (κ2) is 11.4. The van der Waals surface area contributed by atoms with Gasteiger partial charge in [-0.15, -0.1) is 0 Å². The molecule has 0 atom stereocenters. The maximum Gasteiger partial charge on any atom is 0.339 e. The number of hydrogen-bond donors (Lipinski definition) is 1. The van der Waals surface area contributed by atoms with Gasteiger partial charge in [-0.25, -0.2) is 14.8 Å². The minimum atomic E-state index is -1.10. The van der Waals surface area contributed by atoms with E-state index < -0.39 is 5.97 Å². The molecule has 1 aromatic heterocycles. The van der Waals surface area contributed by atoms with Gasteiger partial charge in [0, 0.05) is 43.9 Å². The third kappa shape index (κ3) is 6.28. The maximum absolute atomic E-state index is 11.7. The Balaban J connectivity index is 1.33. The molecule has 8 nitrogen and oxygen atoms in total. The number of para-hydroxylation sites is 1. The minimum Gasteiger partial charge on any atom is -0.492 e. The zero-order valence-electron chi connectivity index (χ0n) is 18.4. The van der Waals surface area contributed by atoms with Crippen LogP contribution in [0.4, 0.5) is 5.95 Å². The van der Waals surface area contributed by atoms with E-state index in [-0.39, 0.29) is 12.2 Å². The van der Waals surface area contributed by atoms with E-state index in [9.17, 15) is 9.90 Å². The number of halogens is 2. The second-order valence-corrected chi connectivity index (χ2v) is 8.53. The molecule has 0 spiro atoms. The van der Waals surface area contributed by atoms with Crippen LogP contribution in [-0.2, 0) is 6.61 Å². The Morgan fingerprint density at radius 2 is 1.82 bits per heavy atom. The van der Waals surface area contributed by atoms with Crippen molar-refractivity contribution in [2.24, 2.45) is 0 Å². The highest BCUT2D eigenvalue weighted by Crippen LogP contribution is 2.25. The van der Waals surface area contributed by atoms with Gasteiger partial charge in [0.1, 0.15) is 30.3 Å². The third-order valence-corrected chi connectivity index (χ3v) is 5.96. The molecule has 4 rings (SSSR count). The van der Waals surface area contributed by atoms with Gasteiger partial charge in [0.25, 0.3) is 0 Å². The number of carboxylic acids is 1. The molecular weight excluding hydrogens is 479 g/mol. The first kappa shape index (κ1) is 24.1. The summed E-state index contributed by atoms with van der Waals surface area (Å²) < 4.78 is 11.5. The molecule has 178 valence electrons. The third-order valence-electron chi connectivity index (χ3n) is 5.41. The molecule has 0 aliphatic carbocycles. The first-order chi connectivity index (χ1) is 16.5. The molecular formula is C24H24Cl2N4O4. The van der Waals surface area contributed by atoms with Crippen molar-refractivity contribution in [1.82, 2.24) is 14.9 Å². The number of benzene rings is 2. The molecule has 1 N–H and O–H groups in total. The van der Waals surface area contributed by atoms with Crippen LogP contribution < -0.4 is 14.4 Å². The predicted molar refractivity (Wildman–Crippen MR) is 130 cm³/mol. The monoisotopic (exact) mass is 502 g/mol. The summed E-state index contributed by atoms with van der Waals surface area (Å²) in [6.07, 6.45) is 1.33. The highest BCUT2D eigenvalue weighted by molar-refractivity contribution is 6.32. The summed E-state index contributed by atoms with van der Waals surface area (Å²) in [6, 6.07) is 14.4. The lowest BCUT2D eigenvalue weighted by Crippen LogP contribution is -2.48. The Bertz CT molecular complexity index is 1140. The van der Waals surface area contributed by atoms with E-state index >= 15 is 0 Å². The van der Waals surface area contributed by atoms with Crippen LogP contribution in [0.1, 0.15) is 16.1 Å². The maximum atomic E-state index is 11.7. The number of carboxylic acid groups (broad SMARTS) is 1. The summed E-state index contributed by atoms with van der Waals surface area (Å²) >= 11 is 12.1. The lowest BCUT2D eigenvalue weighted by Gasteiger charge is -2.34. The van der Waals surface area contributed by atoms with E-state index in [0.717, 1.165) is 25.4 Å². The van der Waals surface area contributed by atoms with E-state index in [2.05, 4.69) is 14.9 Å². The Kier molecular flexibility index (Phi) is 8.05. The van der Waals surface area contributed by atoms with Gasteiger partial charge in [-0.2, -0.15) is 0 Å². The van der Waals surface area contributed by atoms with Crippen LogP contribution in [0.3, 0.4) is 0 Å². The van der Waals surface area contributed by atoms with Crippen LogP contribution >= 0.6 is 23.2 Å². The van der Waals surface area contributed by atoms with Crippen LogP contribution in [0.2, 0.25) is 10.0 Å². The molecule has 0 radical (unpaired) electrons. The molecule has 0 unspecified atom stereocenters. The number of rotatable bonds is 9. The van der Waals surface area contributed by atoms with E-state index in [1.165, 1.54) is 6.20 Å². The fraction of sp³-hybridized carbons (Fsp3) is 0.292. The number of ether oxygens (including phenoxy) is 2. The topological polar surface area (TPSA) is 88.0 Å². The number of anilines is 1. The molecule has 10 heteroatoms. The number of piperazine rings is 1. The van der Waals surface area contributed by atoms with Gasteiger partial charge in [0.05, 0.1) is 10.7 Å². The van der Waals surface area contributed by atoms with Gasteiger partial charge in [-0.05, 0) is 30.3 Å². The van der Waals surface area contributed by atoms with Crippen molar-refractivity contribution >= 4 is 35.1 Å². The standard InChI is InChI=1S/C24H24Cl2N4O4/c25-17-4-3-5-18(14-17)33-13-12-29-8-10-30(11-9-29)24-27-15-19(23(31)32)21(28-24)16-34-22-7-2-1-6-20(22)26/h1-7,14-15H,8-13,16H2,(H,31,32). The number of aromatic carboxylic acids is 1. The quantitative estimate of drug-likeness (QED) is 0.464. The summed E-state index contributed by atoms with van der Waals surface area (Å²) in [5.74, 6) is 0.602. The van der Waals surface area contributed by atoms with Crippen molar-refractivity contribution in [2.45, 2.75) is 6.61 Å². The Labute approximate surface area is 207 Å². The lowest BCUT2D eigenvalue weighted by atomic mass is 10.2. The van der Waals surface area contributed by atoms with Crippen LogP contribution in [0.5, 0.6) is 11.5 Å². The van der Waals surface area contributed by atoms with E-state index in [1.54, 1.807) is 30.3 Å². The first-order valence-electron chi connectivity index (χ1n) is 10.8. The summed E-state index contributed by atoms with van der Waals surface area (Å²) in [4.78, 5) is 24.8. The molecule has 1 fully saturated rings. The fourth-order valence-electron chi connectivity index (χ4n) is 3.58. The number of aromatic nitrogens is 2. The van der Waals surface area contributed by atoms with Crippen molar-refractivity contribution in [1.29, 1.82) is 0 Å². The highest BCUT2D eigenvalue weighted by atomic mass is 35.5. The van der Waals surface area contributed by atoms with Crippen LogP contribution in [-0.4, -0.2) is 65.3 Å². The molecule has 0 amide bonds. The van der Waals surface area contributed by atoms with Crippen molar-refractivity contribution in [3.05, 3.63) is 76.0 Å². The number of nitrogens with zero attached hydrogens (tertiary/aromatic N) is 4. The summed E-state index contributed by atoms with van der Waals surface area (Å²) in [5, 5.41) is 10.6. The summed E-state index contributed by atoms with van der Waals surface area (Å²) in [5.41, 5.74) is 0.308. The van der Waals surface area contributed by atoms with Crippen molar-refractivity contribution in [2.75, 3.05) is 44.2 Å². The second-order valence-electron chi connectivity index (χ2n) is 7.69. The van der Waals surface area contributed by atoms with Gasteiger partial charge in [-0.3, -0.25) is 4.90 Å². The molecule has 1 aliphatic heterocycles. The normalized spacial score (nSPS) is 14.1. The smallest absolute Gasteiger partial charge is 0.339 e. The van der Waals surface area contributed by atoms with Crippen molar-refractivity contribution in [3.8, 4) is 11.5 Å². The van der Waals surface area contributed by atoms with Gasteiger partial charge >= 0.3 is 5.97 Å². The number of carbonyl (C=O) groups is 1. The van der Waals surface area contributed by atoms with Gasteiger partial charge in [0.15, 0.2) is 0 Å². The lowest BCUT2D eigenvalue weighted by molar-refractivity contribution is 0.0692. The minimum absolute atomic E-state index is 0.00704. The highest BCUT2D eigenvalue weighted by Gasteiger charge is 2.22. The molecule has 0 bridgehead atoms. The zero-order chi connectivity index (χ0) is 23.9. The zero-order valence-corrected chi connectivity index (χ0v) is 19.9. The molecule has 0 saturated carbocycles. The first-order valence-corrected chi connectivity index (χ1v) is 11.6. The largest absolute Gasteiger partial charge is 0.492 e. The van der Waals surface area contributed by atoms with Crippen LogP contribution in [0, 0.1) is 0 Å². The predicted octanol–water partition coefficient (Wildman–Crippen LogP) is 4.26. The van der Waals surface area contributed by atoms with E-state index in [1.807, 2.05) is 23.1 Å². The van der Waals surface area contributed by atoms with Gasteiger partial charge in [0.2, 0.25) is 5.95 Å². The van der Waals surface area contributed by atoms with Crippen LogP contribution in [0.15, 0.2) is 54.7 Å². The molecule has 34 heavy (non-hydrogen) atoms. The fourth-order valence-corrected chi connectivity index (χ4v) is 3.95. The molecule has 2 heterocycles. The average molecular weight is 503 g/mol. The van der Waals surface area contributed by atoms with Crippen molar-refractivity contribution in [3.63, 3.8) is 0 Å². The molecule has 1 saturated heterocycles. The Morgan fingerprint density at radius 3 is 2.56 bits per heavy atom. The molecule has 3 aromatic rings. The van der Waals surface area contributed by atoms with E-state index in [0.29, 0.717) is 47.1 Å².